The lowest BCUT2D eigenvalue weighted by molar-refractivity contribution is -0.289. The molecular weight excluding hydrogens is 202 g/mol. The molecule has 0 saturated carbocycles. The van der Waals surface area contributed by atoms with Gasteiger partial charge in [-0.3, -0.25) is 0 Å². The monoisotopic (exact) mass is 225 g/mol. The minimum Gasteiger partial charge on any atom is -0.347 e. The molecule has 1 fully saturated rings. The topological polar surface area (TPSA) is 42.2 Å². The third-order valence-electron chi connectivity index (χ3n) is 2.88. The van der Waals surface area contributed by atoms with E-state index in [0.717, 1.165) is 6.42 Å². The van der Waals surface area contributed by atoms with E-state index in [1.807, 2.05) is 13.8 Å². The zero-order valence-electron chi connectivity index (χ0n) is 10.7. The van der Waals surface area contributed by atoms with Crippen LogP contribution in [0.25, 0.3) is 0 Å². The van der Waals surface area contributed by atoms with E-state index in [2.05, 4.69) is 13.0 Å². The first-order valence-electron chi connectivity index (χ1n) is 6.32. The zero-order chi connectivity index (χ0) is 12.0. The molecule has 1 heterocycles. The summed E-state index contributed by atoms with van der Waals surface area (Å²) in [5, 5.41) is 8.92. The molecule has 3 heteroatoms. The van der Waals surface area contributed by atoms with Gasteiger partial charge in [0.25, 0.3) is 0 Å². The van der Waals surface area contributed by atoms with Crippen LogP contribution in [-0.2, 0) is 9.47 Å². The summed E-state index contributed by atoms with van der Waals surface area (Å²) in [6.45, 7) is 5.98. The Morgan fingerprint density at radius 3 is 2.62 bits per heavy atom. The Morgan fingerprint density at radius 1 is 1.25 bits per heavy atom. The second-order valence-corrected chi connectivity index (χ2v) is 4.96. The van der Waals surface area contributed by atoms with Gasteiger partial charge >= 0.3 is 0 Å². The van der Waals surface area contributed by atoms with Crippen molar-refractivity contribution in [2.75, 3.05) is 0 Å². The first-order chi connectivity index (χ1) is 7.57. The molecule has 0 aromatic heterocycles. The number of nitriles is 1. The van der Waals surface area contributed by atoms with Gasteiger partial charge in [-0.15, -0.1) is 0 Å². The Labute approximate surface area is 98.7 Å². The number of ether oxygens (including phenoxy) is 2. The number of hydrogen-bond donors (Lipinski definition) is 0. The molecule has 0 N–H and O–H groups in total. The van der Waals surface area contributed by atoms with E-state index in [0.29, 0.717) is 6.42 Å². The van der Waals surface area contributed by atoms with Crippen molar-refractivity contribution in [1.29, 1.82) is 5.26 Å². The standard InChI is InChI=1S/C13H23NO2/c1-4-5-6-7-8-11-9-12(10-14)16-13(2,3)15-11/h11-12H,4-9H2,1-3H3. The fourth-order valence-electron chi connectivity index (χ4n) is 2.16. The fraction of sp³-hybridized carbons (Fsp3) is 0.923. The summed E-state index contributed by atoms with van der Waals surface area (Å²) in [6, 6.07) is 2.19. The molecule has 0 bridgehead atoms. The second-order valence-electron chi connectivity index (χ2n) is 4.96. The van der Waals surface area contributed by atoms with Crippen molar-refractivity contribution in [2.24, 2.45) is 0 Å². The molecule has 0 aromatic carbocycles. The maximum absolute atomic E-state index is 8.92. The van der Waals surface area contributed by atoms with Gasteiger partial charge in [-0.25, -0.2) is 0 Å². The van der Waals surface area contributed by atoms with E-state index in [9.17, 15) is 0 Å². The Hall–Kier alpha value is -0.590. The van der Waals surface area contributed by atoms with E-state index in [-0.39, 0.29) is 12.2 Å². The van der Waals surface area contributed by atoms with Crippen LogP contribution in [-0.4, -0.2) is 18.0 Å². The Bertz CT molecular complexity index is 245. The summed E-state index contributed by atoms with van der Waals surface area (Å²) in [5.41, 5.74) is 0. The van der Waals surface area contributed by atoms with Gasteiger partial charge in [0.2, 0.25) is 0 Å². The van der Waals surface area contributed by atoms with Crippen molar-refractivity contribution >= 4 is 0 Å². The highest BCUT2D eigenvalue weighted by Crippen LogP contribution is 2.28. The van der Waals surface area contributed by atoms with Gasteiger partial charge in [0.05, 0.1) is 12.2 Å². The summed E-state index contributed by atoms with van der Waals surface area (Å²) < 4.78 is 11.3. The van der Waals surface area contributed by atoms with Gasteiger partial charge in [-0.1, -0.05) is 32.6 Å². The van der Waals surface area contributed by atoms with Crippen molar-refractivity contribution in [1.82, 2.24) is 0 Å². The molecule has 1 aliphatic rings. The van der Waals surface area contributed by atoms with Gasteiger partial charge in [0.1, 0.15) is 6.10 Å². The zero-order valence-corrected chi connectivity index (χ0v) is 10.7. The molecule has 0 radical (unpaired) electrons. The van der Waals surface area contributed by atoms with Crippen molar-refractivity contribution in [3.63, 3.8) is 0 Å². The van der Waals surface area contributed by atoms with E-state index in [1.54, 1.807) is 0 Å². The minimum atomic E-state index is -0.603. The summed E-state index contributed by atoms with van der Waals surface area (Å²) in [4.78, 5) is 0. The van der Waals surface area contributed by atoms with Crippen molar-refractivity contribution in [3.05, 3.63) is 0 Å². The largest absolute Gasteiger partial charge is 0.347 e. The molecule has 1 saturated heterocycles. The molecule has 0 amide bonds. The number of nitrogens with zero attached hydrogens (tertiary/aromatic N) is 1. The molecule has 2 unspecified atom stereocenters. The Kier molecular flexibility index (Phi) is 5.24. The highest BCUT2D eigenvalue weighted by atomic mass is 16.7. The molecule has 1 rings (SSSR count). The van der Waals surface area contributed by atoms with E-state index < -0.39 is 5.79 Å². The predicted octanol–water partition coefficient (Wildman–Crippen LogP) is 3.39. The first kappa shape index (κ1) is 13.5. The number of rotatable bonds is 5. The SMILES string of the molecule is CCCCCCC1CC(C#N)OC(C)(C)O1. The van der Waals surface area contributed by atoms with Crippen LogP contribution < -0.4 is 0 Å². The number of hydrogen-bond acceptors (Lipinski definition) is 3. The summed E-state index contributed by atoms with van der Waals surface area (Å²) in [5.74, 6) is -0.603. The third-order valence-corrected chi connectivity index (χ3v) is 2.88. The molecular formula is C13H23NO2. The smallest absolute Gasteiger partial charge is 0.164 e. The van der Waals surface area contributed by atoms with Gasteiger partial charge < -0.3 is 9.47 Å². The van der Waals surface area contributed by atoms with E-state index in [4.69, 9.17) is 14.7 Å². The van der Waals surface area contributed by atoms with Crippen molar-refractivity contribution < 1.29 is 9.47 Å². The Morgan fingerprint density at radius 2 is 2.00 bits per heavy atom. The van der Waals surface area contributed by atoms with Crippen molar-refractivity contribution in [3.8, 4) is 6.07 Å². The minimum absolute atomic E-state index is 0.185. The van der Waals surface area contributed by atoms with E-state index >= 15 is 0 Å². The molecule has 0 aromatic rings. The maximum Gasteiger partial charge on any atom is 0.164 e. The lowest BCUT2D eigenvalue weighted by Gasteiger charge is -2.38. The van der Waals surface area contributed by atoms with Gasteiger partial charge in [0, 0.05) is 6.42 Å². The highest BCUT2D eigenvalue weighted by Gasteiger charge is 2.34. The van der Waals surface area contributed by atoms with Crippen molar-refractivity contribution in [2.45, 2.75) is 77.3 Å². The quantitative estimate of drug-likeness (QED) is 0.673. The summed E-state index contributed by atoms with van der Waals surface area (Å²) in [7, 11) is 0. The fourth-order valence-corrected chi connectivity index (χ4v) is 2.16. The van der Waals surface area contributed by atoms with Crippen LogP contribution in [0.15, 0.2) is 0 Å². The second kappa shape index (κ2) is 6.22. The molecule has 2 atom stereocenters. The normalized spacial score (nSPS) is 28.6. The first-order valence-corrected chi connectivity index (χ1v) is 6.32. The lowest BCUT2D eigenvalue weighted by Crippen LogP contribution is -2.44. The lowest BCUT2D eigenvalue weighted by atomic mass is 10.0. The van der Waals surface area contributed by atoms with Gasteiger partial charge in [-0.05, 0) is 20.3 Å². The van der Waals surface area contributed by atoms with Crippen LogP contribution in [0, 0.1) is 11.3 Å². The summed E-state index contributed by atoms with van der Waals surface area (Å²) in [6.07, 6.45) is 6.62. The molecule has 1 aliphatic heterocycles. The Balaban J connectivity index is 2.33. The molecule has 92 valence electrons. The number of unbranched alkanes of at least 4 members (excludes halogenated alkanes) is 3. The molecule has 16 heavy (non-hydrogen) atoms. The molecule has 0 spiro atoms. The predicted molar refractivity (Wildman–Crippen MR) is 62.8 cm³/mol. The van der Waals surface area contributed by atoms with Crippen LogP contribution in [0.4, 0.5) is 0 Å². The van der Waals surface area contributed by atoms with E-state index in [1.165, 1.54) is 25.7 Å². The summed E-state index contributed by atoms with van der Waals surface area (Å²) >= 11 is 0. The van der Waals surface area contributed by atoms with Crippen LogP contribution in [0.1, 0.15) is 59.3 Å². The van der Waals surface area contributed by atoms with Gasteiger partial charge in [-0.2, -0.15) is 5.26 Å². The highest BCUT2D eigenvalue weighted by molar-refractivity contribution is 4.90. The van der Waals surface area contributed by atoms with Crippen LogP contribution >= 0.6 is 0 Å². The maximum atomic E-state index is 8.92. The average molecular weight is 225 g/mol. The van der Waals surface area contributed by atoms with Crippen LogP contribution in [0.2, 0.25) is 0 Å². The average Bonchev–Trinajstić information content (AvgIpc) is 2.22. The van der Waals surface area contributed by atoms with Crippen LogP contribution in [0.3, 0.4) is 0 Å². The van der Waals surface area contributed by atoms with Crippen LogP contribution in [0.5, 0.6) is 0 Å². The molecule has 3 nitrogen and oxygen atoms in total. The third kappa shape index (κ3) is 4.51. The van der Waals surface area contributed by atoms with Gasteiger partial charge in [0.15, 0.2) is 5.79 Å². The molecule has 0 aliphatic carbocycles.